The smallest absolute Gasteiger partial charge is 0.343 e. The van der Waals surface area contributed by atoms with Crippen molar-refractivity contribution in [1.82, 2.24) is 0 Å². The minimum Gasteiger partial charge on any atom is -0.460 e. The van der Waals surface area contributed by atoms with Crippen LogP contribution in [0.2, 0.25) is 0 Å². The minimum absolute atomic E-state index is 0.197. The first-order valence-electron chi connectivity index (χ1n) is 3.78. The van der Waals surface area contributed by atoms with Gasteiger partial charge in [0, 0.05) is 0 Å². The molecule has 0 radical (unpaired) electrons. The molecule has 0 aliphatic rings. The Bertz CT molecular complexity index is 138. The number of rotatable bonds is 3. The van der Waals surface area contributed by atoms with Gasteiger partial charge in [-0.3, -0.25) is 0 Å². The van der Waals surface area contributed by atoms with Gasteiger partial charge in [-0.05, 0) is 27.2 Å². The summed E-state index contributed by atoms with van der Waals surface area (Å²) in [6.07, 6.45) is 0.513. The lowest BCUT2D eigenvalue weighted by Gasteiger charge is -2.16. The van der Waals surface area contributed by atoms with Crippen molar-refractivity contribution in [2.24, 2.45) is 0 Å². The number of hydrogen-bond acceptors (Lipinski definition) is 2. The highest BCUT2D eigenvalue weighted by Crippen LogP contribution is 2.12. The molecule has 0 aromatic carbocycles. The van der Waals surface area contributed by atoms with Crippen LogP contribution in [0.4, 0.5) is 4.39 Å². The molecule has 0 aromatic heterocycles. The summed E-state index contributed by atoms with van der Waals surface area (Å²) in [6.45, 7) is 6.00. The van der Waals surface area contributed by atoms with Crippen LogP contribution in [-0.2, 0) is 9.53 Å². The Hall–Kier alpha value is -0.600. The first-order chi connectivity index (χ1) is 4.88. The minimum atomic E-state index is -1.87. The van der Waals surface area contributed by atoms with Crippen molar-refractivity contribution < 1.29 is 13.9 Å². The van der Waals surface area contributed by atoms with Gasteiger partial charge in [-0.1, -0.05) is 6.92 Å². The number of halogens is 1. The quantitative estimate of drug-likeness (QED) is 0.594. The van der Waals surface area contributed by atoms with Gasteiger partial charge in [0.2, 0.25) is 5.67 Å². The second kappa shape index (κ2) is 3.69. The molecule has 0 spiro atoms. The van der Waals surface area contributed by atoms with Crippen molar-refractivity contribution in [3.8, 4) is 0 Å². The van der Waals surface area contributed by atoms with Gasteiger partial charge >= 0.3 is 5.97 Å². The van der Waals surface area contributed by atoms with Crippen molar-refractivity contribution in [2.45, 2.75) is 45.9 Å². The van der Waals surface area contributed by atoms with Crippen LogP contribution in [-0.4, -0.2) is 17.7 Å². The second-order valence-electron chi connectivity index (χ2n) is 3.10. The van der Waals surface area contributed by atoms with Crippen LogP contribution in [0.1, 0.15) is 34.1 Å². The molecule has 1 atom stereocenters. The Morgan fingerprint density at radius 2 is 2.09 bits per heavy atom. The van der Waals surface area contributed by atoms with E-state index in [9.17, 15) is 9.18 Å². The Balaban J connectivity index is 3.88. The number of carbonyl (C=O) groups is 1. The van der Waals surface area contributed by atoms with E-state index in [-0.39, 0.29) is 6.10 Å². The highest BCUT2D eigenvalue weighted by molar-refractivity contribution is 5.78. The molecule has 0 saturated carbocycles. The maximum absolute atomic E-state index is 12.8. The van der Waals surface area contributed by atoms with Crippen LogP contribution in [0.3, 0.4) is 0 Å². The number of hydrogen-bond donors (Lipinski definition) is 0. The molecule has 0 bridgehead atoms. The molecule has 0 rings (SSSR count). The van der Waals surface area contributed by atoms with E-state index in [1.54, 1.807) is 6.92 Å². The summed E-state index contributed by atoms with van der Waals surface area (Å²) < 4.78 is 17.6. The molecule has 3 heteroatoms. The molecule has 0 amide bonds. The highest BCUT2D eigenvalue weighted by Gasteiger charge is 2.29. The number of carbonyl (C=O) groups excluding carboxylic acids is 1. The van der Waals surface area contributed by atoms with Crippen molar-refractivity contribution in [3.63, 3.8) is 0 Å². The predicted octanol–water partition coefficient (Wildman–Crippen LogP) is 2.08. The van der Waals surface area contributed by atoms with Gasteiger partial charge in [0.15, 0.2) is 0 Å². The van der Waals surface area contributed by atoms with Crippen LogP contribution in [0.15, 0.2) is 0 Å². The standard InChI is InChI=1S/C8H15FO2/c1-5-6(2)11-7(10)8(3,4)9/h6H,5H2,1-4H3. The molecule has 0 aromatic rings. The fourth-order valence-electron chi connectivity index (χ4n) is 0.406. The second-order valence-corrected chi connectivity index (χ2v) is 3.10. The van der Waals surface area contributed by atoms with E-state index in [1.807, 2.05) is 6.92 Å². The molecule has 0 aliphatic carbocycles. The van der Waals surface area contributed by atoms with Crippen LogP contribution in [0.25, 0.3) is 0 Å². The van der Waals surface area contributed by atoms with Crippen molar-refractivity contribution >= 4 is 5.97 Å². The SMILES string of the molecule is CCC(C)OC(=O)C(C)(C)F. The van der Waals surface area contributed by atoms with Gasteiger partial charge in [-0.15, -0.1) is 0 Å². The summed E-state index contributed by atoms with van der Waals surface area (Å²) in [6, 6.07) is 0. The molecule has 1 unspecified atom stereocenters. The fourth-order valence-corrected chi connectivity index (χ4v) is 0.406. The lowest BCUT2D eigenvalue weighted by atomic mass is 10.2. The fraction of sp³-hybridized carbons (Fsp3) is 0.875. The zero-order chi connectivity index (χ0) is 9.07. The lowest BCUT2D eigenvalue weighted by Crippen LogP contribution is -2.31. The topological polar surface area (TPSA) is 26.3 Å². The van der Waals surface area contributed by atoms with E-state index in [0.29, 0.717) is 6.42 Å². The lowest BCUT2D eigenvalue weighted by molar-refractivity contribution is -0.160. The molecule has 2 nitrogen and oxygen atoms in total. The van der Waals surface area contributed by atoms with E-state index >= 15 is 0 Å². The molecule has 0 N–H and O–H groups in total. The molecule has 66 valence electrons. The Labute approximate surface area is 66.7 Å². The number of ether oxygens (including phenoxy) is 1. The summed E-state index contributed by atoms with van der Waals surface area (Å²) in [7, 11) is 0. The number of esters is 1. The van der Waals surface area contributed by atoms with Gasteiger partial charge in [0.1, 0.15) is 0 Å². The van der Waals surface area contributed by atoms with Gasteiger partial charge < -0.3 is 4.74 Å². The maximum atomic E-state index is 12.8. The Morgan fingerprint density at radius 3 is 2.36 bits per heavy atom. The van der Waals surface area contributed by atoms with Crippen LogP contribution < -0.4 is 0 Å². The van der Waals surface area contributed by atoms with Crippen LogP contribution >= 0.6 is 0 Å². The van der Waals surface area contributed by atoms with Gasteiger partial charge in [-0.25, -0.2) is 9.18 Å². The number of alkyl halides is 1. The third kappa shape index (κ3) is 3.96. The summed E-state index contributed by atoms with van der Waals surface area (Å²) >= 11 is 0. The van der Waals surface area contributed by atoms with E-state index in [2.05, 4.69) is 0 Å². The van der Waals surface area contributed by atoms with Crippen molar-refractivity contribution in [3.05, 3.63) is 0 Å². The molecule has 11 heavy (non-hydrogen) atoms. The average Bonchev–Trinajstić information content (AvgIpc) is 1.85. The molecular weight excluding hydrogens is 147 g/mol. The highest BCUT2D eigenvalue weighted by atomic mass is 19.1. The van der Waals surface area contributed by atoms with Gasteiger partial charge in [-0.2, -0.15) is 0 Å². The molecule has 0 saturated heterocycles. The maximum Gasteiger partial charge on any atom is 0.343 e. The monoisotopic (exact) mass is 162 g/mol. The van der Waals surface area contributed by atoms with Gasteiger partial charge in [0.25, 0.3) is 0 Å². The third-order valence-corrected chi connectivity index (χ3v) is 1.37. The van der Waals surface area contributed by atoms with E-state index in [1.165, 1.54) is 13.8 Å². The first-order valence-corrected chi connectivity index (χ1v) is 3.78. The largest absolute Gasteiger partial charge is 0.460 e. The van der Waals surface area contributed by atoms with E-state index in [4.69, 9.17) is 4.74 Å². The van der Waals surface area contributed by atoms with E-state index in [0.717, 1.165) is 0 Å². The summed E-state index contributed by atoms with van der Waals surface area (Å²) in [5, 5.41) is 0. The molecular formula is C8H15FO2. The zero-order valence-corrected chi connectivity index (χ0v) is 7.48. The molecule has 0 fully saturated rings. The van der Waals surface area contributed by atoms with Crippen molar-refractivity contribution in [1.29, 1.82) is 0 Å². The molecule has 0 aliphatic heterocycles. The normalized spacial score (nSPS) is 14.3. The Morgan fingerprint density at radius 1 is 1.64 bits per heavy atom. The van der Waals surface area contributed by atoms with Crippen LogP contribution in [0, 0.1) is 0 Å². The summed E-state index contributed by atoms with van der Waals surface area (Å²) in [5.74, 6) is -0.785. The first kappa shape index (κ1) is 10.4. The van der Waals surface area contributed by atoms with E-state index < -0.39 is 11.6 Å². The summed E-state index contributed by atoms with van der Waals surface area (Å²) in [4.78, 5) is 10.8. The third-order valence-electron chi connectivity index (χ3n) is 1.37. The Kier molecular flexibility index (Phi) is 3.49. The van der Waals surface area contributed by atoms with Crippen LogP contribution in [0.5, 0.6) is 0 Å². The average molecular weight is 162 g/mol. The predicted molar refractivity (Wildman–Crippen MR) is 41.0 cm³/mol. The van der Waals surface area contributed by atoms with Gasteiger partial charge in [0.05, 0.1) is 6.10 Å². The van der Waals surface area contributed by atoms with Crippen molar-refractivity contribution in [2.75, 3.05) is 0 Å². The summed E-state index contributed by atoms with van der Waals surface area (Å²) in [5.41, 5.74) is -1.87. The zero-order valence-electron chi connectivity index (χ0n) is 7.48. The molecule has 0 heterocycles.